The Labute approximate surface area is 179 Å². The van der Waals surface area contributed by atoms with Crippen molar-refractivity contribution >= 4 is 32.3 Å². The Morgan fingerprint density at radius 1 is 0.406 bits per heavy atom. The van der Waals surface area contributed by atoms with Gasteiger partial charge in [0.2, 0.25) is 0 Å². The molecule has 0 fully saturated rings. The molecule has 0 unspecified atom stereocenters. The van der Waals surface area contributed by atoms with Gasteiger partial charge in [0.15, 0.2) is 0 Å². The average molecular weight is 418 g/mol. The third-order valence-corrected chi connectivity index (χ3v) is 5.88. The molecule has 2 heterocycles. The Kier molecular flexibility index (Phi) is 3.67. The Hall–Kier alpha value is -4.58. The van der Waals surface area contributed by atoms with E-state index >= 15 is 0 Å². The number of hydrogen-bond acceptors (Lipinski definition) is 4. The molecule has 6 heteroatoms. The Balaban J connectivity index is 1.68. The summed E-state index contributed by atoms with van der Waals surface area (Å²) >= 11 is 0. The van der Waals surface area contributed by atoms with Crippen molar-refractivity contribution in [1.82, 2.24) is 9.13 Å². The molecule has 4 aromatic carbocycles. The van der Waals surface area contributed by atoms with Gasteiger partial charge in [-0.05, 0) is 59.3 Å². The van der Waals surface area contributed by atoms with Gasteiger partial charge in [0.25, 0.3) is 22.2 Å². The van der Waals surface area contributed by atoms with E-state index in [1.807, 2.05) is 12.1 Å². The Morgan fingerprint density at radius 3 is 0.969 bits per heavy atom. The first kappa shape index (κ1) is 18.2. The number of nitrogens with zero attached hydrogens (tertiary/aromatic N) is 2. The quantitative estimate of drug-likeness (QED) is 0.433. The van der Waals surface area contributed by atoms with Gasteiger partial charge in [0.05, 0.1) is 32.9 Å². The van der Waals surface area contributed by atoms with E-state index in [1.165, 1.54) is 0 Å². The predicted molar refractivity (Wildman–Crippen MR) is 125 cm³/mol. The van der Waals surface area contributed by atoms with Gasteiger partial charge in [0.1, 0.15) is 0 Å². The zero-order chi connectivity index (χ0) is 22.0. The molecule has 0 spiro atoms. The molecule has 0 saturated carbocycles. The molecule has 0 radical (unpaired) electrons. The molecular formula is C26H14N2O4. The summed E-state index contributed by atoms with van der Waals surface area (Å²) in [6.07, 6.45) is 0. The standard InChI is InChI=1S/C26H14N2O4/c29-23-19-11-15-13-21-22(26(32)28(25(21)31)18-9-5-2-6-10-18)14-16(15)12-20(19)24(30)27(23)17-7-3-1-4-8-17/h1-14H. The molecule has 0 amide bonds. The van der Waals surface area contributed by atoms with Gasteiger partial charge in [-0.15, -0.1) is 0 Å². The summed E-state index contributed by atoms with van der Waals surface area (Å²) < 4.78 is 2.29. The maximum atomic E-state index is 13.0. The Morgan fingerprint density at radius 2 is 0.688 bits per heavy atom. The summed E-state index contributed by atoms with van der Waals surface area (Å²) in [5, 5.41) is 2.36. The van der Waals surface area contributed by atoms with Crippen LogP contribution < -0.4 is 22.2 Å². The van der Waals surface area contributed by atoms with Crippen LogP contribution in [0.15, 0.2) is 104 Å². The van der Waals surface area contributed by atoms with Crippen LogP contribution >= 0.6 is 0 Å². The number of aromatic nitrogens is 2. The number of hydrogen-bond donors (Lipinski definition) is 0. The van der Waals surface area contributed by atoms with Crippen LogP contribution in [0, 0.1) is 0 Å². The first-order chi connectivity index (χ1) is 15.5. The minimum atomic E-state index is -0.410. The minimum absolute atomic E-state index is 0.281. The lowest BCUT2D eigenvalue weighted by Gasteiger charge is -1.97. The molecule has 0 atom stereocenters. The third kappa shape index (κ3) is 2.40. The molecule has 152 valence electrons. The van der Waals surface area contributed by atoms with Crippen LogP contribution in [0.25, 0.3) is 43.7 Å². The number of fused-ring (bicyclic) bond motifs is 3. The fourth-order valence-electron chi connectivity index (χ4n) is 4.35. The van der Waals surface area contributed by atoms with E-state index in [9.17, 15) is 19.2 Å². The summed E-state index contributed by atoms with van der Waals surface area (Å²) in [5.74, 6) is 0. The van der Waals surface area contributed by atoms with Crippen molar-refractivity contribution in [2.75, 3.05) is 0 Å². The van der Waals surface area contributed by atoms with Crippen LogP contribution in [0.4, 0.5) is 0 Å². The number of para-hydroxylation sites is 2. The Bertz CT molecular complexity index is 1650. The van der Waals surface area contributed by atoms with Gasteiger partial charge in [-0.2, -0.15) is 0 Å². The third-order valence-electron chi connectivity index (χ3n) is 5.88. The summed E-state index contributed by atoms with van der Waals surface area (Å²) in [6, 6.07) is 23.9. The second-order valence-corrected chi connectivity index (χ2v) is 7.71. The second kappa shape index (κ2) is 6.46. The van der Waals surface area contributed by atoms with Crippen molar-refractivity contribution in [2.45, 2.75) is 0 Å². The molecule has 6 nitrogen and oxygen atoms in total. The number of benzene rings is 4. The van der Waals surface area contributed by atoms with Gasteiger partial charge in [-0.1, -0.05) is 36.4 Å². The van der Waals surface area contributed by atoms with Gasteiger partial charge in [0, 0.05) is 0 Å². The van der Waals surface area contributed by atoms with Gasteiger partial charge in [-0.25, -0.2) is 9.13 Å². The van der Waals surface area contributed by atoms with Crippen molar-refractivity contribution in [1.29, 1.82) is 0 Å². The van der Waals surface area contributed by atoms with Gasteiger partial charge >= 0.3 is 0 Å². The lowest BCUT2D eigenvalue weighted by Crippen LogP contribution is -2.23. The highest BCUT2D eigenvalue weighted by molar-refractivity contribution is 6.04. The lowest BCUT2D eigenvalue weighted by atomic mass is 10.0. The van der Waals surface area contributed by atoms with Crippen LogP contribution in [-0.2, 0) is 0 Å². The molecule has 32 heavy (non-hydrogen) atoms. The average Bonchev–Trinajstić information content (AvgIpc) is 3.21. The summed E-state index contributed by atoms with van der Waals surface area (Å²) in [6.45, 7) is 0. The first-order valence-electron chi connectivity index (χ1n) is 10.0. The molecule has 0 bridgehead atoms. The SMILES string of the molecule is O=c1c2cc3cc4c(=O)n(-c5ccccc5)c(=O)c4cc3cc2c(=O)n1-c1ccccc1. The van der Waals surface area contributed by atoms with E-state index < -0.39 is 22.2 Å². The molecule has 6 rings (SSSR count). The monoisotopic (exact) mass is 418 g/mol. The highest BCUT2D eigenvalue weighted by Gasteiger charge is 2.18. The van der Waals surface area contributed by atoms with E-state index in [2.05, 4.69) is 0 Å². The molecule has 0 aliphatic heterocycles. The molecule has 0 saturated heterocycles. The van der Waals surface area contributed by atoms with E-state index in [-0.39, 0.29) is 21.5 Å². The molecule has 0 aliphatic rings. The zero-order valence-electron chi connectivity index (χ0n) is 16.6. The van der Waals surface area contributed by atoms with Crippen LogP contribution in [0.3, 0.4) is 0 Å². The molecular weight excluding hydrogens is 404 g/mol. The second-order valence-electron chi connectivity index (χ2n) is 7.71. The predicted octanol–water partition coefficient (Wildman–Crippen LogP) is 3.04. The van der Waals surface area contributed by atoms with Crippen LogP contribution in [-0.4, -0.2) is 9.13 Å². The molecule has 2 aromatic heterocycles. The lowest BCUT2D eigenvalue weighted by molar-refractivity contribution is 0.991. The summed E-state index contributed by atoms with van der Waals surface area (Å²) in [5.41, 5.74) is -0.652. The summed E-state index contributed by atoms with van der Waals surface area (Å²) in [7, 11) is 0. The van der Waals surface area contributed by atoms with Crippen LogP contribution in [0.1, 0.15) is 0 Å². The fourth-order valence-corrected chi connectivity index (χ4v) is 4.35. The fraction of sp³-hybridized carbons (Fsp3) is 0. The van der Waals surface area contributed by atoms with Crippen LogP contribution in [0.5, 0.6) is 0 Å². The number of rotatable bonds is 2. The molecule has 6 aromatic rings. The van der Waals surface area contributed by atoms with Crippen LogP contribution in [0.2, 0.25) is 0 Å². The van der Waals surface area contributed by atoms with Crippen molar-refractivity contribution in [3.05, 3.63) is 126 Å². The first-order valence-corrected chi connectivity index (χ1v) is 10.0. The van der Waals surface area contributed by atoms with E-state index in [4.69, 9.17) is 0 Å². The van der Waals surface area contributed by atoms with E-state index in [1.54, 1.807) is 72.8 Å². The van der Waals surface area contributed by atoms with Gasteiger partial charge < -0.3 is 0 Å². The van der Waals surface area contributed by atoms with Gasteiger partial charge in [-0.3, -0.25) is 19.2 Å². The topological polar surface area (TPSA) is 78.1 Å². The minimum Gasteiger partial charge on any atom is -0.268 e. The normalized spacial score (nSPS) is 11.6. The molecule has 0 aliphatic carbocycles. The smallest absolute Gasteiger partial charge is 0.266 e. The maximum absolute atomic E-state index is 13.0. The van der Waals surface area contributed by atoms with Crippen molar-refractivity contribution in [2.24, 2.45) is 0 Å². The van der Waals surface area contributed by atoms with E-state index in [0.29, 0.717) is 22.1 Å². The highest BCUT2D eigenvalue weighted by atomic mass is 16.2. The molecule has 0 N–H and O–H groups in total. The van der Waals surface area contributed by atoms with E-state index in [0.717, 1.165) is 9.13 Å². The van der Waals surface area contributed by atoms with Crippen molar-refractivity contribution < 1.29 is 0 Å². The highest BCUT2D eigenvalue weighted by Crippen LogP contribution is 2.24. The van der Waals surface area contributed by atoms with Crippen molar-refractivity contribution in [3.63, 3.8) is 0 Å². The largest absolute Gasteiger partial charge is 0.268 e. The van der Waals surface area contributed by atoms with Crippen molar-refractivity contribution in [3.8, 4) is 11.4 Å². The maximum Gasteiger partial charge on any atom is 0.266 e. The zero-order valence-corrected chi connectivity index (χ0v) is 16.6. The summed E-state index contributed by atoms with van der Waals surface area (Å²) in [4.78, 5) is 52.1.